The average Bonchev–Trinajstić information content (AvgIpc) is 2.36. The van der Waals surface area contributed by atoms with Crippen LogP contribution >= 0.6 is 0 Å². The van der Waals surface area contributed by atoms with Crippen LogP contribution in [0, 0.1) is 0 Å². The van der Waals surface area contributed by atoms with Crippen molar-refractivity contribution in [2.75, 3.05) is 6.54 Å². The molecule has 3 heteroatoms. The fourth-order valence-corrected chi connectivity index (χ4v) is 1.63. The largest absolute Gasteiger partial charge is 0.481 e. The maximum Gasteiger partial charge on any atom is 0.261 e. The van der Waals surface area contributed by atoms with E-state index in [1.165, 1.54) is 0 Å². The van der Waals surface area contributed by atoms with E-state index in [2.05, 4.69) is 25.7 Å². The average molecular weight is 247 g/mol. The fourth-order valence-electron chi connectivity index (χ4n) is 1.63. The van der Waals surface area contributed by atoms with Crippen molar-refractivity contribution < 1.29 is 9.53 Å². The Labute approximate surface area is 109 Å². The van der Waals surface area contributed by atoms with Gasteiger partial charge in [-0.2, -0.15) is 0 Å². The lowest BCUT2D eigenvalue weighted by atomic mass is 10.0. The molecule has 0 heterocycles. The summed E-state index contributed by atoms with van der Waals surface area (Å²) in [7, 11) is 0. The van der Waals surface area contributed by atoms with Crippen LogP contribution in [0.2, 0.25) is 0 Å². The molecule has 0 aromatic heterocycles. The topological polar surface area (TPSA) is 38.3 Å². The molecule has 0 bridgehead atoms. The molecule has 1 atom stereocenters. The maximum absolute atomic E-state index is 11.7. The van der Waals surface area contributed by atoms with Crippen LogP contribution in [-0.2, 0) is 4.79 Å². The molecule has 0 aliphatic carbocycles. The molecule has 1 N–H and O–H groups in total. The molecule has 18 heavy (non-hydrogen) atoms. The summed E-state index contributed by atoms with van der Waals surface area (Å²) in [6.45, 7) is 9.96. The Hall–Kier alpha value is -1.77. The molecule has 98 valence electrons. The second-order valence-electron chi connectivity index (χ2n) is 4.49. The van der Waals surface area contributed by atoms with Crippen molar-refractivity contribution in [2.45, 2.75) is 32.8 Å². The molecule has 1 rings (SSSR count). The lowest BCUT2D eigenvalue weighted by Gasteiger charge is -2.18. The maximum atomic E-state index is 11.7. The van der Waals surface area contributed by atoms with Crippen LogP contribution in [0.15, 0.2) is 36.9 Å². The highest BCUT2D eigenvalue weighted by molar-refractivity contribution is 5.80. The molecule has 0 saturated carbocycles. The van der Waals surface area contributed by atoms with Crippen LogP contribution in [0.25, 0.3) is 0 Å². The number of benzene rings is 1. The summed E-state index contributed by atoms with van der Waals surface area (Å²) in [5.41, 5.74) is 1.11. The summed E-state index contributed by atoms with van der Waals surface area (Å²) < 4.78 is 5.72. The predicted octanol–water partition coefficient (Wildman–Crippen LogP) is 2.88. The SMILES string of the molecule is C=CCNC(=O)[C@H](C)Oc1ccccc1C(C)C. The minimum Gasteiger partial charge on any atom is -0.481 e. The van der Waals surface area contributed by atoms with Crippen LogP contribution < -0.4 is 10.1 Å². The summed E-state index contributed by atoms with van der Waals surface area (Å²) in [6, 6.07) is 7.81. The fraction of sp³-hybridized carbons (Fsp3) is 0.400. The molecule has 0 saturated heterocycles. The smallest absolute Gasteiger partial charge is 0.261 e. The van der Waals surface area contributed by atoms with E-state index in [0.29, 0.717) is 12.5 Å². The van der Waals surface area contributed by atoms with Gasteiger partial charge in [0.25, 0.3) is 5.91 Å². The highest BCUT2D eigenvalue weighted by Gasteiger charge is 2.16. The second-order valence-corrected chi connectivity index (χ2v) is 4.49. The zero-order valence-corrected chi connectivity index (χ0v) is 11.3. The third-order valence-electron chi connectivity index (χ3n) is 2.63. The Morgan fingerprint density at radius 1 is 1.39 bits per heavy atom. The molecule has 0 aliphatic rings. The highest BCUT2D eigenvalue weighted by atomic mass is 16.5. The highest BCUT2D eigenvalue weighted by Crippen LogP contribution is 2.26. The lowest BCUT2D eigenvalue weighted by Crippen LogP contribution is -2.36. The summed E-state index contributed by atoms with van der Waals surface area (Å²) in [6.07, 6.45) is 1.14. The zero-order chi connectivity index (χ0) is 13.5. The van der Waals surface area contributed by atoms with Gasteiger partial charge in [-0.25, -0.2) is 0 Å². The predicted molar refractivity (Wildman–Crippen MR) is 73.8 cm³/mol. The van der Waals surface area contributed by atoms with Crippen molar-refractivity contribution in [1.82, 2.24) is 5.32 Å². The van der Waals surface area contributed by atoms with Crippen molar-refractivity contribution in [3.63, 3.8) is 0 Å². The minimum absolute atomic E-state index is 0.131. The number of nitrogens with one attached hydrogen (secondary N) is 1. The monoisotopic (exact) mass is 247 g/mol. The van der Waals surface area contributed by atoms with Gasteiger partial charge in [-0.15, -0.1) is 6.58 Å². The van der Waals surface area contributed by atoms with Gasteiger partial charge in [0.15, 0.2) is 6.10 Å². The van der Waals surface area contributed by atoms with Crippen molar-refractivity contribution in [3.8, 4) is 5.75 Å². The number of hydrogen-bond acceptors (Lipinski definition) is 2. The summed E-state index contributed by atoms with van der Waals surface area (Å²) >= 11 is 0. The van der Waals surface area contributed by atoms with Crippen molar-refractivity contribution >= 4 is 5.91 Å². The van der Waals surface area contributed by atoms with E-state index >= 15 is 0 Å². The van der Waals surface area contributed by atoms with Gasteiger partial charge in [0, 0.05) is 6.54 Å². The lowest BCUT2D eigenvalue weighted by molar-refractivity contribution is -0.127. The first-order valence-electron chi connectivity index (χ1n) is 6.20. The van der Waals surface area contributed by atoms with Crippen molar-refractivity contribution in [1.29, 1.82) is 0 Å². The molecular weight excluding hydrogens is 226 g/mol. The minimum atomic E-state index is -0.509. The van der Waals surface area contributed by atoms with Crippen LogP contribution in [0.4, 0.5) is 0 Å². The Morgan fingerprint density at radius 2 is 2.06 bits per heavy atom. The van der Waals surface area contributed by atoms with Crippen LogP contribution in [0.5, 0.6) is 5.75 Å². The van der Waals surface area contributed by atoms with E-state index in [1.807, 2.05) is 24.3 Å². The Kier molecular flexibility index (Phi) is 5.43. The Balaban J connectivity index is 2.72. The van der Waals surface area contributed by atoms with Crippen LogP contribution in [-0.4, -0.2) is 18.6 Å². The van der Waals surface area contributed by atoms with Crippen molar-refractivity contribution in [2.24, 2.45) is 0 Å². The molecule has 1 aromatic rings. The van der Waals surface area contributed by atoms with Crippen LogP contribution in [0.3, 0.4) is 0 Å². The Bertz CT molecular complexity index is 413. The van der Waals surface area contributed by atoms with Crippen molar-refractivity contribution in [3.05, 3.63) is 42.5 Å². The van der Waals surface area contributed by atoms with Gasteiger partial charge in [0.05, 0.1) is 0 Å². The molecule has 0 unspecified atom stereocenters. The molecule has 0 radical (unpaired) electrons. The molecule has 0 aliphatic heterocycles. The van der Waals surface area contributed by atoms with Gasteiger partial charge in [0.1, 0.15) is 5.75 Å². The first-order chi connectivity index (χ1) is 8.56. The zero-order valence-electron chi connectivity index (χ0n) is 11.3. The van der Waals surface area contributed by atoms with Gasteiger partial charge in [0.2, 0.25) is 0 Å². The summed E-state index contributed by atoms with van der Waals surface area (Å²) in [4.78, 5) is 11.7. The van der Waals surface area contributed by atoms with Gasteiger partial charge in [-0.3, -0.25) is 4.79 Å². The number of carbonyl (C=O) groups excluding carboxylic acids is 1. The first kappa shape index (κ1) is 14.3. The quantitative estimate of drug-likeness (QED) is 0.785. The van der Waals surface area contributed by atoms with Gasteiger partial charge in [-0.1, -0.05) is 38.1 Å². The molecule has 0 fully saturated rings. The van der Waals surface area contributed by atoms with E-state index in [9.17, 15) is 4.79 Å². The molecule has 3 nitrogen and oxygen atoms in total. The van der Waals surface area contributed by atoms with E-state index in [-0.39, 0.29) is 5.91 Å². The van der Waals surface area contributed by atoms with E-state index in [1.54, 1.807) is 13.0 Å². The molecule has 0 spiro atoms. The standard InChI is InChI=1S/C15H21NO2/c1-5-10-16-15(17)12(4)18-14-9-7-6-8-13(14)11(2)3/h5-9,11-12H,1,10H2,2-4H3,(H,16,17)/t12-/m0/s1. The van der Waals surface area contributed by atoms with Crippen LogP contribution in [0.1, 0.15) is 32.3 Å². The van der Waals surface area contributed by atoms with E-state index in [0.717, 1.165) is 11.3 Å². The summed E-state index contributed by atoms with van der Waals surface area (Å²) in [5.74, 6) is 1.01. The second kappa shape index (κ2) is 6.84. The first-order valence-corrected chi connectivity index (χ1v) is 6.20. The molecule has 1 amide bonds. The number of amides is 1. The Morgan fingerprint density at radius 3 is 2.67 bits per heavy atom. The van der Waals surface area contributed by atoms with Gasteiger partial charge >= 0.3 is 0 Å². The number of hydrogen-bond donors (Lipinski definition) is 1. The summed E-state index contributed by atoms with van der Waals surface area (Å²) in [5, 5.41) is 2.72. The van der Waals surface area contributed by atoms with E-state index < -0.39 is 6.10 Å². The number of ether oxygens (including phenoxy) is 1. The normalized spacial score (nSPS) is 12.0. The van der Waals surface area contributed by atoms with Gasteiger partial charge < -0.3 is 10.1 Å². The number of carbonyl (C=O) groups is 1. The third-order valence-corrected chi connectivity index (χ3v) is 2.63. The number of para-hydroxylation sites is 1. The van der Waals surface area contributed by atoms with Gasteiger partial charge in [-0.05, 0) is 24.5 Å². The molecule has 1 aromatic carbocycles. The molecular formula is C15H21NO2. The van der Waals surface area contributed by atoms with E-state index in [4.69, 9.17) is 4.74 Å². The number of rotatable bonds is 6. The third kappa shape index (κ3) is 3.91.